The quantitative estimate of drug-likeness (QED) is 0.0401. The van der Waals surface area contributed by atoms with Crippen molar-refractivity contribution >= 4 is 61.3 Å². The number of β-amino-alcohol motifs (C(OH)–C–C–N with tert-alkyl or cyclic N) is 1. The molecule has 0 radical (unpaired) electrons. The number of hydrogen-bond acceptors (Lipinski definition) is 14. The number of ether oxygens (including phenoxy) is 1. The van der Waals surface area contributed by atoms with Gasteiger partial charge in [0.2, 0.25) is 12.2 Å². The Morgan fingerprint density at radius 3 is 2.67 bits per heavy atom. The van der Waals surface area contributed by atoms with Crippen LogP contribution in [0.5, 0.6) is 5.75 Å². The number of aliphatic hydroxyl groups excluding tert-OH is 1. The van der Waals surface area contributed by atoms with Gasteiger partial charge in [-0.1, -0.05) is 5.16 Å². The summed E-state index contributed by atoms with van der Waals surface area (Å²) in [5.41, 5.74) is 4.49. The van der Waals surface area contributed by atoms with Crippen molar-refractivity contribution in [2.45, 2.75) is 43.7 Å². The minimum absolute atomic E-state index is 0.0534. The van der Waals surface area contributed by atoms with Crippen LogP contribution < -0.4 is 25.8 Å². The average molecular weight is 684 g/mol. The Bertz CT molecular complexity index is 1820. The van der Waals surface area contributed by atoms with Gasteiger partial charge in [0, 0.05) is 11.9 Å². The number of hydrogen-bond donors (Lipinski definition) is 6. The summed E-state index contributed by atoms with van der Waals surface area (Å²) in [5, 5.41) is 31.9. The lowest BCUT2D eigenvalue weighted by Crippen LogP contribution is -2.76. The van der Waals surface area contributed by atoms with Gasteiger partial charge in [0.25, 0.3) is 17.9 Å². The van der Waals surface area contributed by atoms with E-state index in [-0.39, 0.29) is 16.9 Å². The monoisotopic (exact) mass is 683 g/mol. The molecule has 2 aliphatic heterocycles. The smallest absolute Gasteiger partial charge is 0.418 e. The number of aromatic nitrogens is 3. The first-order valence-corrected chi connectivity index (χ1v) is 15.8. The first-order chi connectivity index (χ1) is 21.6. The number of fused-ring (bicyclic) bond motifs is 1. The number of carbonyl (C=O) groups excluding carboxylic acids is 2. The van der Waals surface area contributed by atoms with E-state index in [1.165, 1.54) is 19.2 Å². The second kappa shape index (κ2) is 12.4. The summed E-state index contributed by atoms with van der Waals surface area (Å²) in [4.78, 5) is 46.9. The number of carbonyl (C=O) groups is 3. The molecule has 2 amide bonds. The minimum Gasteiger partial charge on any atom is -0.489 e. The number of β-lactam (4-membered cyclic amide) rings is 1. The summed E-state index contributed by atoms with van der Waals surface area (Å²) in [6, 6.07) is 3.63. The van der Waals surface area contributed by atoms with Crippen LogP contribution in [0.4, 0.5) is 5.13 Å². The Kier molecular flexibility index (Phi) is 8.90. The van der Waals surface area contributed by atoms with Gasteiger partial charge in [0.15, 0.2) is 10.8 Å². The highest BCUT2D eigenvalue weighted by molar-refractivity contribution is 7.80. The molecule has 2 fully saturated rings. The Labute approximate surface area is 265 Å². The van der Waals surface area contributed by atoms with Crippen molar-refractivity contribution in [1.82, 2.24) is 25.4 Å². The first kappa shape index (κ1) is 33.0. The number of thiazole rings is 1. The van der Waals surface area contributed by atoms with Gasteiger partial charge in [0.1, 0.15) is 35.7 Å². The average Bonchev–Trinajstić information content (AvgIpc) is 3.69. The number of anilines is 1. The zero-order valence-electron chi connectivity index (χ0n) is 24.6. The zero-order valence-corrected chi connectivity index (χ0v) is 26.2. The Morgan fingerprint density at radius 2 is 2.09 bits per heavy atom. The first-order valence-electron chi connectivity index (χ1n) is 13.6. The Morgan fingerprint density at radius 1 is 1.35 bits per heavy atom. The van der Waals surface area contributed by atoms with Crippen LogP contribution in [0.3, 0.4) is 0 Å². The second-order valence-electron chi connectivity index (χ2n) is 11.0. The van der Waals surface area contributed by atoms with E-state index in [4.69, 9.17) is 19.9 Å². The van der Waals surface area contributed by atoms with Crippen LogP contribution in [-0.4, -0.2) is 105 Å². The number of carboxylic acids is 1. The SMILES string of the molecule is Cn1c2ccc(OC[C@H](O/N=C(\C(=O)NC3C(=O)N(OS(=O)(=O)O)C3(C)C)c3csc(N)n3)C(=O)O)cc2c[n+]1[C@@H]1CNC[C@@H]1O. The van der Waals surface area contributed by atoms with Gasteiger partial charge >= 0.3 is 16.4 Å². The zero-order chi connectivity index (χ0) is 33.6. The molecule has 46 heavy (non-hydrogen) atoms. The minimum atomic E-state index is -5.02. The molecule has 0 aliphatic carbocycles. The number of amides is 2. The highest BCUT2D eigenvalue weighted by atomic mass is 32.3. The maximum absolute atomic E-state index is 13.2. The molecule has 248 valence electrons. The van der Waals surface area contributed by atoms with Gasteiger partial charge in [-0.15, -0.1) is 20.3 Å². The van der Waals surface area contributed by atoms with Crippen molar-refractivity contribution in [2.75, 3.05) is 25.4 Å². The lowest BCUT2D eigenvalue weighted by atomic mass is 9.84. The normalized spacial score (nSPS) is 22.0. The molecule has 19 nitrogen and oxygen atoms in total. The third kappa shape index (κ3) is 6.59. The maximum atomic E-state index is 13.2. The van der Waals surface area contributed by atoms with E-state index >= 15 is 0 Å². The number of hydroxylamine groups is 2. The van der Waals surface area contributed by atoms with Crippen LogP contribution in [0, 0.1) is 0 Å². The molecule has 4 heterocycles. The van der Waals surface area contributed by atoms with E-state index in [9.17, 15) is 33.0 Å². The number of oxime groups is 1. The number of aliphatic carboxylic acids is 1. The van der Waals surface area contributed by atoms with Crippen LogP contribution >= 0.6 is 11.3 Å². The molecule has 2 aliphatic rings. The van der Waals surface area contributed by atoms with Gasteiger partial charge in [0.05, 0.1) is 24.5 Å². The lowest BCUT2D eigenvalue weighted by Gasteiger charge is -2.50. The van der Waals surface area contributed by atoms with Crippen LogP contribution in [0.1, 0.15) is 25.6 Å². The number of nitrogens with two attached hydrogens (primary N) is 1. The second-order valence-corrected chi connectivity index (χ2v) is 12.9. The number of aliphatic hydroxyl groups is 1. The fourth-order valence-corrected chi connectivity index (χ4v) is 6.07. The van der Waals surface area contributed by atoms with Gasteiger partial charge in [-0.2, -0.15) is 18.2 Å². The predicted octanol–water partition coefficient (Wildman–Crippen LogP) is -1.90. The molecule has 5 rings (SSSR count). The van der Waals surface area contributed by atoms with Gasteiger partial charge in [-0.05, 0) is 32.0 Å². The summed E-state index contributed by atoms with van der Waals surface area (Å²) in [6.07, 6.45) is -0.402. The molecule has 0 bridgehead atoms. The third-order valence-corrected chi connectivity index (χ3v) is 8.52. The van der Waals surface area contributed by atoms with Crippen molar-refractivity contribution in [3.63, 3.8) is 0 Å². The van der Waals surface area contributed by atoms with Gasteiger partial charge in [-0.25, -0.2) is 9.78 Å². The molecule has 0 spiro atoms. The molecule has 0 saturated carbocycles. The summed E-state index contributed by atoms with van der Waals surface area (Å²) in [5.74, 6) is -3.17. The van der Waals surface area contributed by atoms with E-state index in [1.807, 2.05) is 22.6 Å². The number of nitrogen functional groups attached to an aromatic ring is 1. The number of nitrogens with one attached hydrogen (secondary N) is 2. The summed E-state index contributed by atoms with van der Waals surface area (Å²) < 4.78 is 44.9. The summed E-state index contributed by atoms with van der Waals surface area (Å²) in [7, 11) is -3.16. The number of rotatable bonds is 12. The highest BCUT2D eigenvalue weighted by Gasteiger charge is 2.58. The van der Waals surface area contributed by atoms with Gasteiger partial charge < -0.3 is 36.2 Å². The predicted molar refractivity (Wildman–Crippen MR) is 158 cm³/mol. The van der Waals surface area contributed by atoms with Crippen molar-refractivity contribution in [1.29, 1.82) is 0 Å². The molecular formula is C25H31N8O11S2+. The topological polar surface area (TPSA) is 261 Å². The summed E-state index contributed by atoms with van der Waals surface area (Å²) >= 11 is 0.954. The van der Waals surface area contributed by atoms with Gasteiger partial charge in [-0.3, -0.25) is 14.1 Å². The lowest BCUT2D eigenvalue weighted by molar-refractivity contribution is -0.795. The van der Waals surface area contributed by atoms with Crippen LogP contribution in [-0.2, 0) is 41.0 Å². The fraction of sp³-hybridized carbons (Fsp3) is 0.440. The summed E-state index contributed by atoms with van der Waals surface area (Å²) in [6.45, 7) is 3.27. The van der Waals surface area contributed by atoms with Crippen molar-refractivity contribution < 1.29 is 56.1 Å². The van der Waals surface area contributed by atoms with E-state index in [0.29, 0.717) is 23.9 Å². The van der Waals surface area contributed by atoms with Crippen molar-refractivity contribution in [3.8, 4) is 5.75 Å². The van der Waals surface area contributed by atoms with E-state index in [1.54, 1.807) is 18.2 Å². The van der Waals surface area contributed by atoms with Crippen LogP contribution in [0.25, 0.3) is 10.9 Å². The molecule has 4 atom stereocenters. The standard InChI is InChI=1S/C25H30N8O11S2/c1-25(2)20(22(36)33(25)44-46(39,40)41)29-21(35)19(14-11-45-24(26)28-14)30-43-18(23(37)38)10-42-13-4-5-15-12(6-13)9-32(31(15)3)16-7-27-8-17(16)34/h4-6,9,11,16-18,20,27,34H,7-8,10H2,1-3H3,(H4-,26,28,29,35,37,38,39,40,41)/p+1/b30-19-/t16-,17+,18+,20?/m1/s1. The van der Waals surface area contributed by atoms with Crippen LogP contribution in [0.2, 0.25) is 0 Å². The van der Waals surface area contributed by atoms with Crippen LogP contribution in [0.15, 0.2) is 34.9 Å². The molecular weight excluding hydrogens is 652 g/mol. The van der Waals surface area contributed by atoms with Crippen molar-refractivity contribution in [2.24, 2.45) is 12.2 Å². The molecule has 3 aromatic rings. The largest absolute Gasteiger partial charge is 0.489 e. The number of benzene rings is 1. The molecule has 2 aromatic heterocycles. The molecule has 2 saturated heterocycles. The Hall–Kier alpha value is -4.41. The highest BCUT2D eigenvalue weighted by Crippen LogP contribution is 2.33. The number of carboxylic acid groups (broad SMARTS) is 1. The number of aryl methyl sites for hydroxylation is 1. The van der Waals surface area contributed by atoms with E-state index < -0.39 is 64.3 Å². The van der Waals surface area contributed by atoms with Crippen molar-refractivity contribution in [3.05, 3.63) is 35.5 Å². The Balaban J connectivity index is 1.30. The van der Waals surface area contributed by atoms with E-state index in [2.05, 4.69) is 25.1 Å². The molecule has 1 aromatic carbocycles. The fourth-order valence-electron chi connectivity index (χ4n) is 5.07. The molecule has 1 unspecified atom stereocenters. The molecule has 7 N–H and O–H groups in total. The number of nitrogens with zero attached hydrogens (tertiary/aromatic N) is 5. The third-order valence-electron chi connectivity index (χ3n) is 7.51. The maximum Gasteiger partial charge on any atom is 0.418 e. The van der Waals surface area contributed by atoms with E-state index in [0.717, 1.165) is 22.2 Å². The molecule has 21 heteroatoms.